The third-order valence-corrected chi connectivity index (χ3v) is 3.46. The molecule has 0 saturated carbocycles. The molecule has 2 aromatic rings. The fourth-order valence-corrected chi connectivity index (χ4v) is 2.60. The first-order valence-corrected chi connectivity index (χ1v) is 6.18. The summed E-state index contributed by atoms with van der Waals surface area (Å²) < 4.78 is 7.17. The molecule has 1 aliphatic rings. The van der Waals surface area contributed by atoms with Crippen molar-refractivity contribution in [2.45, 2.75) is 25.9 Å². The molecule has 0 aliphatic carbocycles. The number of carbonyl (C=O) groups excluding carboxylic acids is 1. The summed E-state index contributed by atoms with van der Waals surface area (Å²) >= 11 is 0. The number of aromatic nitrogens is 2. The van der Waals surface area contributed by atoms with Crippen LogP contribution >= 0.6 is 0 Å². The lowest BCUT2D eigenvalue weighted by molar-refractivity contribution is 0.0575. The summed E-state index contributed by atoms with van der Waals surface area (Å²) in [5.41, 5.74) is 1.19. The van der Waals surface area contributed by atoms with E-state index in [2.05, 4.69) is 28.9 Å². The van der Waals surface area contributed by atoms with Crippen molar-refractivity contribution in [3.8, 4) is 0 Å². The molecule has 0 aromatic carbocycles. The zero-order valence-electron chi connectivity index (χ0n) is 10.2. The Kier molecular flexibility index (Phi) is 2.66. The van der Waals surface area contributed by atoms with E-state index in [9.17, 15) is 4.79 Å². The second kappa shape index (κ2) is 4.33. The average molecular weight is 245 g/mol. The molecule has 0 N–H and O–H groups in total. The van der Waals surface area contributed by atoms with Gasteiger partial charge in [0, 0.05) is 31.0 Å². The summed E-state index contributed by atoms with van der Waals surface area (Å²) in [4.78, 5) is 14.2. The molecule has 1 atom stereocenters. The van der Waals surface area contributed by atoms with Crippen LogP contribution in [-0.2, 0) is 6.54 Å². The number of hydrogen-bond donors (Lipinski definition) is 0. The van der Waals surface area contributed by atoms with Crippen molar-refractivity contribution in [2.24, 2.45) is 0 Å². The van der Waals surface area contributed by atoms with Gasteiger partial charge in [-0.05, 0) is 18.6 Å². The third-order valence-electron chi connectivity index (χ3n) is 3.46. The van der Waals surface area contributed by atoms with Gasteiger partial charge in [-0.15, -0.1) is 0 Å². The van der Waals surface area contributed by atoms with Crippen molar-refractivity contribution in [1.82, 2.24) is 14.6 Å². The van der Waals surface area contributed by atoms with Gasteiger partial charge in [0.2, 0.25) is 5.76 Å². The summed E-state index contributed by atoms with van der Waals surface area (Å²) in [6, 6.07) is 5.84. The van der Waals surface area contributed by atoms with Crippen molar-refractivity contribution in [3.63, 3.8) is 0 Å². The molecule has 0 unspecified atom stereocenters. The van der Waals surface area contributed by atoms with Crippen LogP contribution in [-0.4, -0.2) is 27.1 Å². The van der Waals surface area contributed by atoms with Gasteiger partial charge in [-0.1, -0.05) is 12.1 Å². The monoisotopic (exact) mass is 245 g/mol. The molecule has 2 aromatic heterocycles. The van der Waals surface area contributed by atoms with Gasteiger partial charge in [0.25, 0.3) is 5.91 Å². The van der Waals surface area contributed by atoms with Gasteiger partial charge in [-0.25, -0.2) is 0 Å². The van der Waals surface area contributed by atoms with Crippen LogP contribution in [0.1, 0.15) is 35.6 Å². The lowest BCUT2D eigenvalue weighted by Gasteiger charge is -2.35. The molecule has 0 fully saturated rings. The Balaban J connectivity index is 1.92. The Morgan fingerprint density at radius 1 is 1.50 bits per heavy atom. The van der Waals surface area contributed by atoms with Crippen LogP contribution < -0.4 is 0 Å². The number of nitrogens with zero attached hydrogens (tertiary/aromatic N) is 3. The molecule has 1 amide bonds. The first kappa shape index (κ1) is 11.1. The van der Waals surface area contributed by atoms with E-state index < -0.39 is 0 Å². The summed E-state index contributed by atoms with van der Waals surface area (Å²) in [5.74, 6) is 0.236. The van der Waals surface area contributed by atoms with Crippen LogP contribution in [0.15, 0.2) is 35.1 Å². The molecular formula is C13H15N3O2. The predicted octanol–water partition coefficient (Wildman–Crippen LogP) is 2.08. The zero-order chi connectivity index (χ0) is 12.5. The van der Waals surface area contributed by atoms with E-state index in [1.54, 1.807) is 6.07 Å². The summed E-state index contributed by atoms with van der Waals surface area (Å²) in [5, 5.41) is 3.60. The maximum absolute atomic E-state index is 12.3. The normalized spacial score (nSPS) is 18.7. The first-order valence-electron chi connectivity index (χ1n) is 6.18. The van der Waals surface area contributed by atoms with Gasteiger partial charge in [-0.2, -0.15) is 0 Å². The molecular weight excluding hydrogens is 230 g/mol. The molecule has 18 heavy (non-hydrogen) atoms. The Labute approximate surface area is 105 Å². The highest BCUT2D eigenvalue weighted by Crippen LogP contribution is 2.29. The van der Waals surface area contributed by atoms with Crippen LogP contribution in [0.3, 0.4) is 0 Å². The summed E-state index contributed by atoms with van der Waals surface area (Å²) in [7, 11) is 0. The van der Waals surface area contributed by atoms with Gasteiger partial charge >= 0.3 is 0 Å². The highest BCUT2D eigenvalue weighted by atomic mass is 16.5. The van der Waals surface area contributed by atoms with Crippen molar-refractivity contribution >= 4 is 5.91 Å². The van der Waals surface area contributed by atoms with E-state index in [4.69, 9.17) is 4.52 Å². The van der Waals surface area contributed by atoms with Gasteiger partial charge in [0.05, 0.1) is 12.2 Å². The number of hydrogen-bond acceptors (Lipinski definition) is 3. The van der Waals surface area contributed by atoms with Crippen LogP contribution in [0, 0.1) is 0 Å². The Bertz CT molecular complexity index is 544. The molecule has 94 valence electrons. The van der Waals surface area contributed by atoms with Crippen LogP contribution in [0.2, 0.25) is 0 Å². The molecule has 0 saturated heterocycles. The lowest BCUT2D eigenvalue weighted by Crippen LogP contribution is -2.41. The molecule has 0 radical (unpaired) electrons. The predicted molar refractivity (Wildman–Crippen MR) is 65.0 cm³/mol. The van der Waals surface area contributed by atoms with Crippen molar-refractivity contribution in [2.75, 3.05) is 6.54 Å². The SMILES string of the molecule is CC[C@H]1c2cccn2CCN1C(=O)c1ccno1. The van der Waals surface area contributed by atoms with Crippen molar-refractivity contribution in [3.05, 3.63) is 42.0 Å². The van der Waals surface area contributed by atoms with E-state index in [1.807, 2.05) is 11.0 Å². The number of rotatable bonds is 2. The quantitative estimate of drug-likeness (QED) is 0.814. The van der Waals surface area contributed by atoms with E-state index >= 15 is 0 Å². The van der Waals surface area contributed by atoms with E-state index in [0.29, 0.717) is 12.3 Å². The average Bonchev–Trinajstić information content (AvgIpc) is 3.06. The maximum atomic E-state index is 12.3. The maximum Gasteiger partial charge on any atom is 0.293 e. The molecule has 3 heterocycles. The van der Waals surface area contributed by atoms with E-state index in [-0.39, 0.29) is 11.9 Å². The molecule has 0 bridgehead atoms. The van der Waals surface area contributed by atoms with Gasteiger partial charge < -0.3 is 14.0 Å². The molecule has 5 nitrogen and oxygen atoms in total. The standard InChI is InChI=1S/C13H15N3O2/c1-2-10-11-4-3-7-15(11)8-9-16(10)13(17)12-5-6-14-18-12/h3-7,10H,2,8-9H2,1H3/t10-/m0/s1. The molecule has 3 rings (SSSR count). The first-order chi connectivity index (χ1) is 8.81. The fourth-order valence-electron chi connectivity index (χ4n) is 2.60. The highest BCUT2D eigenvalue weighted by Gasteiger charge is 2.31. The minimum atomic E-state index is -0.0770. The lowest BCUT2D eigenvalue weighted by atomic mass is 10.1. The summed E-state index contributed by atoms with van der Waals surface area (Å²) in [6.45, 7) is 3.63. The van der Waals surface area contributed by atoms with Crippen LogP contribution in [0.25, 0.3) is 0 Å². The van der Waals surface area contributed by atoms with Crippen LogP contribution in [0.5, 0.6) is 0 Å². The largest absolute Gasteiger partial charge is 0.351 e. The minimum Gasteiger partial charge on any atom is -0.351 e. The minimum absolute atomic E-state index is 0.0770. The third kappa shape index (κ3) is 1.63. The van der Waals surface area contributed by atoms with Gasteiger partial charge in [0.15, 0.2) is 0 Å². The highest BCUT2D eigenvalue weighted by molar-refractivity contribution is 5.91. The molecule has 5 heteroatoms. The van der Waals surface area contributed by atoms with Crippen molar-refractivity contribution < 1.29 is 9.32 Å². The number of amides is 1. The second-order valence-corrected chi connectivity index (χ2v) is 4.43. The number of fused-ring (bicyclic) bond motifs is 1. The van der Waals surface area contributed by atoms with E-state index in [0.717, 1.165) is 13.0 Å². The fraction of sp³-hybridized carbons (Fsp3) is 0.385. The number of carbonyl (C=O) groups is 1. The van der Waals surface area contributed by atoms with Gasteiger partial charge in [-0.3, -0.25) is 4.79 Å². The smallest absolute Gasteiger partial charge is 0.293 e. The second-order valence-electron chi connectivity index (χ2n) is 4.43. The Morgan fingerprint density at radius 2 is 2.39 bits per heavy atom. The Morgan fingerprint density at radius 3 is 3.11 bits per heavy atom. The van der Waals surface area contributed by atoms with Crippen molar-refractivity contribution in [1.29, 1.82) is 0 Å². The Hall–Kier alpha value is -2.04. The summed E-state index contributed by atoms with van der Waals surface area (Å²) in [6.07, 6.45) is 4.46. The topological polar surface area (TPSA) is 51.3 Å². The molecule has 0 spiro atoms. The zero-order valence-corrected chi connectivity index (χ0v) is 10.2. The van der Waals surface area contributed by atoms with E-state index in [1.165, 1.54) is 11.9 Å². The molecule has 1 aliphatic heterocycles. The van der Waals surface area contributed by atoms with Gasteiger partial charge in [0.1, 0.15) is 0 Å². The van der Waals surface area contributed by atoms with Crippen LogP contribution in [0.4, 0.5) is 0 Å².